The minimum atomic E-state index is -0.530. The highest BCUT2D eigenvalue weighted by molar-refractivity contribution is 5.88. The number of alkyl carbamates (subject to hydrolysis) is 1. The van der Waals surface area contributed by atoms with Gasteiger partial charge in [0.05, 0.1) is 18.7 Å². The molecule has 1 heterocycles. The number of nitrogens with one attached hydrogen (secondary N) is 2. The zero-order valence-corrected chi connectivity index (χ0v) is 21.5. The minimum absolute atomic E-state index is 0.259. The first-order chi connectivity index (χ1) is 17.2. The lowest BCUT2D eigenvalue weighted by Crippen LogP contribution is -2.33. The molecule has 0 atom stereocenters. The molecule has 9 heteroatoms. The van der Waals surface area contributed by atoms with Crippen LogP contribution >= 0.6 is 0 Å². The zero-order valence-electron chi connectivity index (χ0n) is 21.5. The van der Waals surface area contributed by atoms with Crippen molar-refractivity contribution in [1.29, 1.82) is 5.41 Å². The Labute approximate surface area is 212 Å². The molecule has 0 saturated heterocycles. The molecule has 192 valence electrons. The molecule has 0 fully saturated rings. The molecule has 0 radical (unpaired) electrons. The highest BCUT2D eigenvalue weighted by atomic mass is 16.6. The summed E-state index contributed by atoms with van der Waals surface area (Å²) in [6.45, 7) is 9.68. The summed E-state index contributed by atoms with van der Waals surface area (Å²) in [5.74, 6) is 1.56. The summed E-state index contributed by atoms with van der Waals surface area (Å²) < 4.78 is 11.3. The van der Waals surface area contributed by atoms with Crippen LogP contribution in [0.2, 0.25) is 0 Å². The van der Waals surface area contributed by atoms with Gasteiger partial charge in [0.1, 0.15) is 17.2 Å². The van der Waals surface area contributed by atoms with Crippen LogP contribution in [0.25, 0.3) is 10.8 Å². The molecule has 2 aromatic carbocycles. The van der Waals surface area contributed by atoms with E-state index in [2.05, 4.69) is 38.4 Å². The number of nitrogens with two attached hydrogens (primary N) is 1. The Morgan fingerprint density at radius 1 is 1.19 bits per heavy atom. The predicted molar refractivity (Wildman–Crippen MR) is 144 cm³/mol. The molecule has 0 unspecified atom stereocenters. The number of nitrogen functional groups attached to an aromatic ring is 1. The van der Waals surface area contributed by atoms with Crippen LogP contribution in [0, 0.1) is 5.41 Å². The second kappa shape index (κ2) is 12.2. The molecule has 3 rings (SSSR count). The van der Waals surface area contributed by atoms with Crippen molar-refractivity contribution in [2.75, 3.05) is 30.3 Å². The number of benzene rings is 2. The van der Waals surface area contributed by atoms with Gasteiger partial charge in [-0.15, -0.1) is 0 Å². The second-order valence-electron chi connectivity index (χ2n) is 9.41. The number of fused-ring (bicyclic) bond motifs is 1. The van der Waals surface area contributed by atoms with Crippen molar-refractivity contribution >= 4 is 34.8 Å². The Kier molecular flexibility index (Phi) is 9.05. The molecular weight excluding hydrogens is 456 g/mol. The van der Waals surface area contributed by atoms with Crippen LogP contribution in [0.5, 0.6) is 5.75 Å². The summed E-state index contributed by atoms with van der Waals surface area (Å²) in [6.07, 6.45) is 3.81. The number of ether oxygens (including phenoxy) is 2. The van der Waals surface area contributed by atoms with Gasteiger partial charge in [0.2, 0.25) is 5.95 Å². The molecule has 0 aliphatic heterocycles. The van der Waals surface area contributed by atoms with Gasteiger partial charge in [-0.25, -0.2) is 9.78 Å². The van der Waals surface area contributed by atoms with Gasteiger partial charge in [-0.1, -0.05) is 30.3 Å². The maximum atomic E-state index is 11.9. The molecule has 9 nitrogen and oxygen atoms in total. The van der Waals surface area contributed by atoms with E-state index in [-0.39, 0.29) is 5.82 Å². The first-order valence-corrected chi connectivity index (χ1v) is 12.2. The minimum Gasteiger partial charge on any atom is -0.494 e. The lowest BCUT2D eigenvalue weighted by molar-refractivity contribution is 0.0527. The van der Waals surface area contributed by atoms with Gasteiger partial charge in [-0.05, 0) is 57.4 Å². The molecule has 0 aliphatic carbocycles. The number of hydrogen-bond donors (Lipinski definition) is 3. The van der Waals surface area contributed by atoms with Gasteiger partial charge in [-0.2, -0.15) is 4.98 Å². The lowest BCUT2D eigenvalue weighted by Gasteiger charge is -2.25. The van der Waals surface area contributed by atoms with E-state index in [0.29, 0.717) is 37.8 Å². The SMILES string of the molecule is CCOc1ccc2ccccc2c1CN(CCCCNC(=O)OC(C)(C)C)c1ncc(C=N)c(N)n1. The lowest BCUT2D eigenvalue weighted by atomic mass is 10.0. The van der Waals surface area contributed by atoms with Gasteiger partial charge in [0.25, 0.3) is 0 Å². The third kappa shape index (κ3) is 7.31. The molecule has 4 N–H and O–H groups in total. The maximum absolute atomic E-state index is 11.9. The van der Waals surface area contributed by atoms with E-state index in [1.807, 2.05) is 45.9 Å². The Bertz CT molecular complexity index is 1190. The number of carbonyl (C=O) groups is 1. The van der Waals surface area contributed by atoms with Crippen molar-refractivity contribution in [1.82, 2.24) is 15.3 Å². The molecule has 0 saturated carbocycles. The van der Waals surface area contributed by atoms with E-state index in [1.54, 1.807) is 6.20 Å². The molecule has 36 heavy (non-hydrogen) atoms. The summed E-state index contributed by atoms with van der Waals surface area (Å²) in [4.78, 5) is 22.9. The average molecular weight is 493 g/mol. The number of aromatic nitrogens is 2. The van der Waals surface area contributed by atoms with Crippen LogP contribution in [0.1, 0.15) is 51.7 Å². The number of hydrogen-bond acceptors (Lipinski definition) is 8. The smallest absolute Gasteiger partial charge is 0.407 e. The quantitative estimate of drug-likeness (QED) is 0.256. The predicted octanol–water partition coefficient (Wildman–Crippen LogP) is 4.92. The number of rotatable bonds is 11. The van der Waals surface area contributed by atoms with E-state index in [1.165, 1.54) is 0 Å². The van der Waals surface area contributed by atoms with Crippen molar-refractivity contribution in [3.05, 3.63) is 53.7 Å². The standard InChI is InChI=1S/C27H36N6O3/c1-5-35-23-13-12-19-10-6-7-11-21(19)22(23)18-33(25-31-17-20(16-28)24(29)32-25)15-9-8-14-30-26(34)36-27(2,3)4/h6-7,10-13,16-17,28H,5,8-9,14-15,18H2,1-4H3,(H,30,34)(H2,29,31,32). The van der Waals surface area contributed by atoms with E-state index < -0.39 is 11.7 Å². The van der Waals surface area contributed by atoms with E-state index in [4.69, 9.17) is 20.6 Å². The molecule has 1 amide bonds. The van der Waals surface area contributed by atoms with Crippen molar-refractivity contribution in [3.8, 4) is 5.75 Å². The van der Waals surface area contributed by atoms with Crippen molar-refractivity contribution in [2.24, 2.45) is 0 Å². The molecule has 0 bridgehead atoms. The summed E-state index contributed by atoms with van der Waals surface area (Å²) >= 11 is 0. The highest BCUT2D eigenvalue weighted by Crippen LogP contribution is 2.30. The van der Waals surface area contributed by atoms with Gasteiger partial charge >= 0.3 is 6.09 Å². The second-order valence-corrected chi connectivity index (χ2v) is 9.41. The van der Waals surface area contributed by atoms with Crippen LogP contribution in [0.4, 0.5) is 16.6 Å². The summed E-state index contributed by atoms with van der Waals surface area (Å²) in [5, 5.41) is 12.5. The highest BCUT2D eigenvalue weighted by Gasteiger charge is 2.18. The number of anilines is 2. The third-order valence-corrected chi connectivity index (χ3v) is 5.44. The molecule has 3 aromatic rings. The third-order valence-electron chi connectivity index (χ3n) is 5.44. The van der Waals surface area contributed by atoms with E-state index in [0.717, 1.165) is 41.1 Å². The van der Waals surface area contributed by atoms with Crippen LogP contribution in [0.15, 0.2) is 42.6 Å². The van der Waals surface area contributed by atoms with E-state index in [9.17, 15) is 4.79 Å². The Hall–Kier alpha value is -3.88. The van der Waals surface area contributed by atoms with Gasteiger partial charge in [0, 0.05) is 31.1 Å². The zero-order chi connectivity index (χ0) is 26.1. The fourth-order valence-corrected chi connectivity index (χ4v) is 3.80. The normalized spacial score (nSPS) is 11.2. The monoisotopic (exact) mass is 492 g/mol. The average Bonchev–Trinajstić information content (AvgIpc) is 2.83. The summed E-state index contributed by atoms with van der Waals surface area (Å²) in [7, 11) is 0. The Morgan fingerprint density at radius 2 is 1.97 bits per heavy atom. The Morgan fingerprint density at radius 3 is 2.67 bits per heavy atom. The van der Waals surface area contributed by atoms with Crippen LogP contribution in [0.3, 0.4) is 0 Å². The van der Waals surface area contributed by atoms with Crippen molar-refractivity contribution < 1.29 is 14.3 Å². The number of nitrogens with zero attached hydrogens (tertiary/aromatic N) is 3. The molecule has 0 spiro atoms. The topological polar surface area (TPSA) is 126 Å². The first-order valence-electron chi connectivity index (χ1n) is 12.2. The maximum Gasteiger partial charge on any atom is 0.407 e. The van der Waals surface area contributed by atoms with Crippen LogP contribution in [-0.4, -0.2) is 47.6 Å². The number of amides is 1. The van der Waals surface area contributed by atoms with Gasteiger partial charge < -0.3 is 30.8 Å². The van der Waals surface area contributed by atoms with Gasteiger partial charge in [0.15, 0.2) is 0 Å². The summed E-state index contributed by atoms with van der Waals surface area (Å²) in [6, 6.07) is 12.3. The fourth-order valence-electron chi connectivity index (χ4n) is 3.80. The van der Waals surface area contributed by atoms with Gasteiger partial charge in [-0.3, -0.25) is 0 Å². The van der Waals surface area contributed by atoms with Crippen molar-refractivity contribution in [2.45, 2.75) is 52.7 Å². The fraction of sp³-hybridized carbons (Fsp3) is 0.407. The summed E-state index contributed by atoms with van der Waals surface area (Å²) in [5.41, 5.74) is 7.06. The van der Waals surface area contributed by atoms with E-state index >= 15 is 0 Å². The van der Waals surface area contributed by atoms with Crippen molar-refractivity contribution in [3.63, 3.8) is 0 Å². The molecule has 0 aliphatic rings. The Balaban J connectivity index is 1.81. The first kappa shape index (κ1) is 26.7. The number of unbranched alkanes of at least 4 members (excludes halogenated alkanes) is 1. The number of carbonyl (C=O) groups excluding carboxylic acids is 1. The molecular formula is C27H36N6O3. The van der Waals surface area contributed by atoms with Crippen LogP contribution < -0.4 is 20.7 Å². The molecule has 1 aromatic heterocycles. The van der Waals surface area contributed by atoms with Crippen LogP contribution in [-0.2, 0) is 11.3 Å². The largest absolute Gasteiger partial charge is 0.494 e.